The summed E-state index contributed by atoms with van der Waals surface area (Å²) in [4.78, 5) is 22.0. The van der Waals surface area contributed by atoms with Crippen LogP contribution in [0.5, 0.6) is 0 Å². The Morgan fingerprint density at radius 1 is 1.40 bits per heavy atom. The minimum atomic E-state index is 0.00696. The second-order valence-electron chi connectivity index (χ2n) is 4.09. The van der Waals surface area contributed by atoms with Crippen molar-refractivity contribution in [3.63, 3.8) is 0 Å². The average Bonchev–Trinajstić information content (AvgIpc) is 2.94. The first-order valence-electron chi connectivity index (χ1n) is 6.39. The fourth-order valence-electron chi connectivity index (χ4n) is 1.88. The van der Waals surface area contributed by atoms with E-state index in [0.29, 0.717) is 29.9 Å². The normalized spacial score (nSPS) is 10.6. The summed E-state index contributed by atoms with van der Waals surface area (Å²) in [5.74, 6) is 6.08. The molecule has 2 aromatic heterocycles. The minimum Gasteiger partial charge on any atom is -0.360 e. The van der Waals surface area contributed by atoms with Crippen LogP contribution >= 0.6 is 0 Å². The van der Waals surface area contributed by atoms with Gasteiger partial charge in [-0.1, -0.05) is 0 Å². The molecule has 5 N–H and O–H groups in total. The lowest BCUT2D eigenvalue weighted by Crippen LogP contribution is -2.35. The number of H-pyrrole nitrogens is 1. The van der Waals surface area contributed by atoms with E-state index >= 15 is 0 Å². The summed E-state index contributed by atoms with van der Waals surface area (Å²) in [6, 6.07) is 0. The van der Waals surface area contributed by atoms with Gasteiger partial charge in [-0.15, -0.1) is 0 Å². The van der Waals surface area contributed by atoms with Crippen molar-refractivity contribution in [3.8, 4) is 0 Å². The van der Waals surface area contributed by atoms with Crippen molar-refractivity contribution in [3.05, 3.63) is 6.20 Å². The van der Waals surface area contributed by atoms with Crippen LogP contribution in [-0.2, 0) is 4.79 Å². The number of amides is 1. The summed E-state index contributed by atoms with van der Waals surface area (Å²) in [7, 11) is 0. The van der Waals surface area contributed by atoms with E-state index in [0.717, 1.165) is 0 Å². The molecule has 0 saturated heterocycles. The van der Waals surface area contributed by atoms with Crippen molar-refractivity contribution >= 4 is 28.7 Å². The van der Waals surface area contributed by atoms with Crippen molar-refractivity contribution < 1.29 is 4.79 Å². The minimum absolute atomic E-state index is 0.00696. The molecule has 9 heteroatoms. The number of carbonyl (C=O) groups excluding carboxylic acids is 1. The average molecular weight is 278 g/mol. The summed E-state index contributed by atoms with van der Waals surface area (Å²) in [5, 5.41) is 10.3. The van der Waals surface area contributed by atoms with Crippen LogP contribution in [0, 0.1) is 0 Å². The molecule has 2 heterocycles. The molecular weight excluding hydrogens is 260 g/mol. The van der Waals surface area contributed by atoms with Gasteiger partial charge in [-0.25, -0.2) is 5.84 Å². The number of fused-ring (bicyclic) bond motifs is 1. The number of nitrogen functional groups attached to an aromatic ring is 1. The Hall–Kier alpha value is -2.42. The zero-order valence-electron chi connectivity index (χ0n) is 11.5. The molecule has 0 aliphatic carbocycles. The highest BCUT2D eigenvalue weighted by molar-refractivity contribution is 5.89. The molecule has 0 saturated carbocycles. The van der Waals surface area contributed by atoms with Crippen LogP contribution in [0.15, 0.2) is 6.20 Å². The summed E-state index contributed by atoms with van der Waals surface area (Å²) in [6.45, 7) is 5.39. The van der Waals surface area contributed by atoms with Gasteiger partial charge in [0.2, 0.25) is 11.9 Å². The lowest BCUT2D eigenvalue weighted by atomic mass is 10.3. The maximum atomic E-state index is 12.0. The second-order valence-corrected chi connectivity index (χ2v) is 4.09. The van der Waals surface area contributed by atoms with E-state index in [1.165, 1.54) is 0 Å². The number of nitrogens with two attached hydrogens (primary N) is 1. The highest BCUT2D eigenvalue weighted by atomic mass is 16.2. The molecule has 108 valence electrons. The molecule has 20 heavy (non-hydrogen) atoms. The molecule has 2 rings (SSSR count). The van der Waals surface area contributed by atoms with Gasteiger partial charge in [0, 0.05) is 13.1 Å². The number of hydrazine groups is 1. The maximum Gasteiger partial charge on any atom is 0.241 e. The summed E-state index contributed by atoms with van der Waals surface area (Å²) < 4.78 is 0. The van der Waals surface area contributed by atoms with E-state index in [-0.39, 0.29) is 18.4 Å². The Labute approximate surface area is 115 Å². The molecule has 0 spiro atoms. The van der Waals surface area contributed by atoms with Gasteiger partial charge in [-0.3, -0.25) is 15.3 Å². The van der Waals surface area contributed by atoms with Crippen LogP contribution in [0.1, 0.15) is 13.8 Å². The van der Waals surface area contributed by atoms with Gasteiger partial charge >= 0.3 is 0 Å². The van der Waals surface area contributed by atoms with Crippen molar-refractivity contribution in [1.29, 1.82) is 0 Å². The number of hydrogen-bond donors (Lipinski definition) is 4. The summed E-state index contributed by atoms with van der Waals surface area (Å²) >= 11 is 0. The molecule has 0 unspecified atom stereocenters. The number of aromatic nitrogens is 4. The van der Waals surface area contributed by atoms with E-state index in [1.54, 1.807) is 11.1 Å². The Bertz CT molecular complexity index is 591. The highest BCUT2D eigenvalue weighted by Gasteiger charge is 2.12. The smallest absolute Gasteiger partial charge is 0.241 e. The third-order valence-electron chi connectivity index (χ3n) is 2.96. The van der Waals surface area contributed by atoms with E-state index in [4.69, 9.17) is 5.84 Å². The molecule has 1 amide bonds. The van der Waals surface area contributed by atoms with Crippen LogP contribution in [0.4, 0.5) is 11.8 Å². The monoisotopic (exact) mass is 278 g/mol. The number of aromatic amines is 1. The molecule has 0 aliphatic rings. The van der Waals surface area contributed by atoms with Gasteiger partial charge in [-0.2, -0.15) is 15.1 Å². The number of hydrogen-bond acceptors (Lipinski definition) is 7. The lowest BCUT2D eigenvalue weighted by molar-refractivity contribution is -0.128. The van der Waals surface area contributed by atoms with Crippen molar-refractivity contribution in [2.75, 3.05) is 30.4 Å². The number of anilines is 2. The van der Waals surface area contributed by atoms with Crippen molar-refractivity contribution in [2.45, 2.75) is 13.8 Å². The molecule has 0 radical (unpaired) electrons. The molecule has 0 aliphatic heterocycles. The molecule has 0 aromatic carbocycles. The molecule has 0 atom stereocenters. The number of rotatable bonds is 6. The zero-order valence-corrected chi connectivity index (χ0v) is 11.5. The first kappa shape index (κ1) is 14.0. The van der Waals surface area contributed by atoms with Crippen LogP contribution < -0.4 is 16.6 Å². The Morgan fingerprint density at radius 2 is 2.15 bits per heavy atom. The summed E-state index contributed by atoms with van der Waals surface area (Å²) in [5.41, 5.74) is 2.92. The van der Waals surface area contributed by atoms with Crippen LogP contribution in [-0.4, -0.2) is 50.6 Å². The van der Waals surface area contributed by atoms with Crippen molar-refractivity contribution in [1.82, 2.24) is 25.1 Å². The standard InChI is InChI=1S/C11H18N8O/c1-3-19(4-2)8(20)6-13-9-7-5-14-18-10(7)16-11(15-9)17-12/h5H,3-4,6,12H2,1-2H3,(H3,13,14,15,16,17,18). The van der Waals surface area contributed by atoms with Gasteiger partial charge in [0.1, 0.15) is 5.82 Å². The van der Waals surface area contributed by atoms with Crippen LogP contribution in [0.2, 0.25) is 0 Å². The SMILES string of the molecule is CCN(CC)C(=O)CNc1nc(NN)nc2[nH]ncc12. The molecule has 0 fully saturated rings. The van der Waals surface area contributed by atoms with Gasteiger partial charge in [0.05, 0.1) is 18.1 Å². The van der Waals surface area contributed by atoms with Crippen LogP contribution in [0.3, 0.4) is 0 Å². The summed E-state index contributed by atoms with van der Waals surface area (Å²) in [6.07, 6.45) is 1.60. The fourth-order valence-corrected chi connectivity index (χ4v) is 1.88. The quantitative estimate of drug-likeness (QED) is 0.430. The van der Waals surface area contributed by atoms with Gasteiger partial charge in [0.15, 0.2) is 5.65 Å². The third kappa shape index (κ3) is 2.77. The van der Waals surface area contributed by atoms with E-state index < -0.39 is 0 Å². The molecule has 0 bridgehead atoms. The Balaban J connectivity index is 2.16. The van der Waals surface area contributed by atoms with Crippen molar-refractivity contribution in [2.24, 2.45) is 5.84 Å². The molecule has 2 aromatic rings. The lowest BCUT2D eigenvalue weighted by Gasteiger charge is -2.19. The number of likely N-dealkylation sites (N-methyl/N-ethyl adjacent to an activating group) is 1. The number of nitrogens with one attached hydrogen (secondary N) is 3. The van der Waals surface area contributed by atoms with Gasteiger partial charge < -0.3 is 10.2 Å². The van der Waals surface area contributed by atoms with Gasteiger partial charge in [-0.05, 0) is 13.8 Å². The van der Waals surface area contributed by atoms with E-state index in [1.807, 2.05) is 13.8 Å². The molecule has 9 nitrogen and oxygen atoms in total. The topological polar surface area (TPSA) is 125 Å². The fraction of sp³-hybridized carbons (Fsp3) is 0.455. The largest absolute Gasteiger partial charge is 0.360 e. The Morgan fingerprint density at radius 3 is 2.80 bits per heavy atom. The van der Waals surface area contributed by atoms with Gasteiger partial charge in [0.25, 0.3) is 0 Å². The number of carbonyl (C=O) groups is 1. The Kier molecular flexibility index (Phi) is 4.31. The van der Waals surface area contributed by atoms with E-state index in [9.17, 15) is 4.79 Å². The predicted molar refractivity (Wildman–Crippen MR) is 75.9 cm³/mol. The predicted octanol–water partition coefficient (Wildman–Crippen LogP) is -0.0812. The van der Waals surface area contributed by atoms with Crippen LogP contribution in [0.25, 0.3) is 11.0 Å². The second kappa shape index (κ2) is 6.15. The zero-order chi connectivity index (χ0) is 14.5. The third-order valence-corrected chi connectivity index (χ3v) is 2.96. The first-order valence-corrected chi connectivity index (χ1v) is 6.39. The maximum absolute atomic E-state index is 12.0. The van der Waals surface area contributed by atoms with E-state index in [2.05, 4.69) is 30.9 Å². The molecular formula is C11H18N8O. The highest BCUT2D eigenvalue weighted by Crippen LogP contribution is 2.19. The number of nitrogens with zero attached hydrogens (tertiary/aromatic N) is 4. The first-order chi connectivity index (χ1) is 9.69.